The molecule has 1 aliphatic rings. The van der Waals surface area contributed by atoms with Gasteiger partial charge in [0.25, 0.3) is 0 Å². The molecule has 0 aliphatic carbocycles. The third kappa shape index (κ3) is 2.81. The summed E-state index contributed by atoms with van der Waals surface area (Å²) >= 11 is 0. The molecule has 0 amide bonds. The Bertz CT molecular complexity index is 438. The molecular formula is C14H20FNOS. The van der Waals surface area contributed by atoms with Crippen molar-refractivity contribution in [2.24, 2.45) is 0 Å². The van der Waals surface area contributed by atoms with Gasteiger partial charge in [0.15, 0.2) is 0 Å². The van der Waals surface area contributed by atoms with Crippen molar-refractivity contribution in [3.63, 3.8) is 0 Å². The Morgan fingerprint density at radius 2 is 1.89 bits per heavy atom. The fourth-order valence-corrected chi connectivity index (χ4v) is 3.77. The number of rotatable bonds is 2. The van der Waals surface area contributed by atoms with Crippen LogP contribution in [0.15, 0.2) is 24.3 Å². The summed E-state index contributed by atoms with van der Waals surface area (Å²) in [6.45, 7) is 6.82. The van der Waals surface area contributed by atoms with Crippen LogP contribution in [0.2, 0.25) is 0 Å². The second-order valence-electron chi connectivity index (χ2n) is 5.71. The summed E-state index contributed by atoms with van der Waals surface area (Å²) in [6.07, 6.45) is 2.04. The fraction of sp³-hybridized carbons (Fsp3) is 0.571. The summed E-state index contributed by atoms with van der Waals surface area (Å²) in [5.41, 5.74) is 1.06. The number of benzene rings is 1. The van der Waals surface area contributed by atoms with E-state index in [9.17, 15) is 8.60 Å². The highest BCUT2D eigenvalue weighted by Gasteiger charge is 2.35. The Balaban J connectivity index is 2.22. The van der Waals surface area contributed by atoms with Gasteiger partial charge in [-0.2, -0.15) is 0 Å². The van der Waals surface area contributed by atoms with Crippen LogP contribution in [0.5, 0.6) is 0 Å². The molecule has 1 aromatic rings. The van der Waals surface area contributed by atoms with E-state index < -0.39 is 11.0 Å². The van der Waals surface area contributed by atoms with Crippen molar-refractivity contribution >= 4 is 11.0 Å². The molecule has 0 saturated carbocycles. The maximum Gasteiger partial charge on any atom is 0.123 e. The minimum Gasteiger partial charge on any atom is -0.242 e. The van der Waals surface area contributed by atoms with Crippen molar-refractivity contribution in [3.05, 3.63) is 35.6 Å². The van der Waals surface area contributed by atoms with Crippen LogP contribution < -0.4 is 0 Å². The maximum atomic E-state index is 12.9. The lowest BCUT2D eigenvalue weighted by atomic mass is 10.1. The molecule has 2 unspecified atom stereocenters. The topological polar surface area (TPSA) is 20.3 Å². The number of hydrogen-bond acceptors (Lipinski definition) is 1. The third-order valence-corrected chi connectivity index (χ3v) is 5.11. The van der Waals surface area contributed by atoms with Crippen LogP contribution in [-0.4, -0.2) is 19.8 Å². The predicted molar refractivity (Wildman–Crippen MR) is 73.0 cm³/mol. The zero-order valence-corrected chi connectivity index (χ0v) is 12.0. The van der Waals surface area contributed by atoms with E-state index in [0.29, 0.717) is 0 Å². The molecule has 1 saturated heterocycles. The zero-order chi connectivity index (χ0) is 13.3. The molecule has 1 aromatic carbocycles. The summed E-state index contributed by atoms with van der Waals surface area (Å²) in [4.78, 5) is 0. The van der Waals surface area contributed by atoms with E-state index in [-0.39, 0.29) is 16.6 Å². The highest BCUT2D eigenvalue weighted by atomic mass is 32.2. The molecule has 4 heteroatoms. The number of nitrogens with zero attached hydrogens (tertiary/aromatic N) is 1. The largest absolute Gasteiger partial charge is 0.242 e. The van der Waals surface area contributed by atoms with Gasteiger partial charge in [0.1, 0.15) is 16.8 Å². The summed E-state index contributed by atoms with van der Waals surface area (Å²) in [5.74, 6) is -0.222. The van der Waals surface area contributed by atoms with Gasteiger partial charge in [0.2, 0.25) is 0 Å². The number of halogens is 1. The van der Waals surface area contributed by atoms with Crippen LogP contribution >= 0.6 is 0 Å². The van der Waals surface area contributed by atoms with Crippen LogP contribution in [0.1, 0.15) is 45.2 Å². The lowest BCUT2D eigenvalue weighted by Crippen LogP contribution is -2.37. The Morgan fingerprint density at radius 1 is 1.28 bits per heavy atom. The van der Waals surface area contributed by atoms with E-state index in [1.54, 1.807) is 12.1 Å². The Kier molecular flexibility index (Phi) is 3.87. The molecule has 1 heterocycles. The summed E-state index contributed by atoms with van der Waals surface area (Å²) in [7, 11) is -1.01. The van der Waals surface area contributed by atoms with Crippen molar-refractivity contribution in [2.75, 3.05) is 6.54 Å². The average Bonchev–Trinajstić information content (AvgIpc) is 2.76. The van der Waals surface area contributed by atoms with E-state index in [2.05, 4.69) is 0 Å². The van der Waals surface area contributed by atoms with Gasteiger partial charge in [-0.3, -0.25) is 0 Å². The van der Waals surface area contributed by atoms with E-state index >= 15 is 0 Å². The predicted octanol–water partition coefficient (Wildman–Crippen LogP) is 3.42. The first kappa shape index (κ1) is 13.7. The quantitative estimate of drug-likeness (QED) is 0.805. The van der Waals surface area contributed by atoms with Gasteiger partial charge >= 0.3 is 0 Å². The smallest absolute Gasteiger partial charge is 0.123 e. The highest BCUT2D eigenvalue weighted by Crippen LogP contribution is 2.35. The molecule has 100 valence electrons. The average molecular weight is 269 g/mol. The van der Waals surface area contributed by atoms with E-state index in [1.165, 1.54) is 12.1 Å². The molecule has 1 fully saturated rings. The minimum absolute atomic E-state index is 0.158. The molecular weight excluding hydrogens is 249 g/mol. The molecule has 18 heavy (non-hydrogen) atoms. The molecule has 0 aromatic heterocycles. The van der Waals surface area contributed by atoms with Crippen molar-refractivity contribution in [1.82, 2.24) is 4.31 Å². The van der Waals surface area contributed by atoms with Crippen LogP contribution in [0.3, 0.4) is 0 Å². The first-order valence-electron chi connectivity index (χ1n) is 6.34. The molecule has 2 rings (SSSR count). The monoisotopic (exact) mass is 269 g/mol. The highest BCUT2D eigenvalue weighted by molar-refractivity contribution is 7.84. The molecule has 1 aliphatic heterocycles. The van der Waals surface area contributed by atoms with E-state index in [4.69, 9.17) is 0 Å². The molecule has 0 radical (unpaired) electrons. The van der Waals surface area contributed by atoms with Crippen molar-refractivity contribution in [3.8, 4) is 0 Å². The Labute approximate surface area is 111 Å². The summed E-state index contributed by atoms with van der Waals surface area (Å²) in [6, 6.07) is 6.72. The van der Waals surface area contributed by atoms with E-state index in [0.717, 1.165) is 24.9 Å². The second kappa shape index (κ2) is 5.10. The minimum atomic E-state index is -1.01. The van der Waals surface area contributed by atoms with Gasteiger partial charge in [-0.05, 0) is 51.3 Å². The van der Waals surface area contributed by atoms with Gasteiger partial charge in [0.05, 0.1) is 4.75 Å². The first-order chi connectivity index (χ1) is 8.39. The molecule has 0 bridgehead atoms. The van der Waals surface area contributed by atoms with E-state index in [1.807, 2.05) is 25.1 Å². The van der Waals surface area contributed by atoms with Gasteiger partial charge < -0.3 is 0 Å². The molecule has 2 nitrogen and oxygen atoms in total. The second-order valence-corrected chi connectivity index (χ2v) is 7.90. The Morgan fingerprint density at radius 3 is 2.44 bits per heavy atom. The SMILES string of the molecule is CC(C)(C)S(=O)N1CCCC1c1ccc(F)cc1. The van der Waals surface area contributed by atoms with Crippen LogP contribution in [-0.2, 0) is 11.0 Å². The molecule has 0 N–H and O–H groups in total. The third-order valence-electron chi connectivity index (χ3n) is 3.20. The summed E-state index contributed by atoms with van der Waals surface area (Å²) < 4.78 is 27.2. The van der Waals surface area contributed by atoms with Gasteiger partial charge in [-0.25, -0.2) is 12.9 Å². The number of hydrogen-bond donors (Lipinski definition) is 0. The normalized spacial score (nSPS) is 23.2. The van der Waals surface area contributed by atoms with Crippen molar-refractivity contribution in [2.45, 2.75) is 44.4 Å². The first-order valence-corrected chi connectivity index (χ1v) is 7.44. The van der Waals surface area contributed by atoms with Gasteiger partial charge in [-0.15, -0.1) is 0 Å². The van der Waals surface area contributed by atoms with Crippen LogP contribution in [0, 0.1) is 5.82 Å². The zero-order valence-electron chi connectivity index (χ0n) is 11.1. The summed E-state index contributed by atoms with van der Waals surface area (Å²) in [5, 5.41) is 0. The van der Waals surface area contributed by atoms with Gasteiger partial charge in [-0.1, -0.05) is 12.1 Å². The van der Waals surface area contributed by atoms with Crippen LogP contribution in [0.4, 0.5) is 4.39 Å². The van der Waals surface area contributed by atoms with Crippen molar-refractivity contribution < 1.29 is 8.60 Å². The standard InChI is InChI=1S/C14H20FNOS/c1-14(2,3)18(17)16-10-4-5-13(16)11-6-8-12(15)9-7-11/h6-9,13H,4-5,10H2,1-3H3. The lowest BCUT2D eigenvalue weighted by molar-refractivity contribution is 0.415. The lowest BCUT2D eigenvalue weighted by Gasteiger charge is -2.30. The molecule has 0 spiro atoms. The fourth-order valence-electron chi connectivity index (χ4n) is 2.31. The van der Waals surface area contributed by atoms with Gasteiger partial charge in [0, 0.05) is 12.6 Å². The maximum absolute atomic E-state index is 12.9. The molecule has 2 atom stereocenters. The van der Waals surface area contributed by atoms with Crippen LogP contribution in [0.25, 0.3) is 0 Å². The Hall–Kier alpha value is -0.740. The van der Waals surface area contributed by atoms with Crippen molar-refractivity contribution in [1.29, 1.82) is 0 Å².